The predicted octanol–water partition coefficient (Wildman–Crippen LogP) is 3.99. The Morgan fingerprint density at radius 3 is 2.78 bits per heavy atom. The minimum atomic E-state index is -0.0470. The minimum Gasteiger partial charge on any atom is -0.465 e. The van der Waals surface area contributed by atoms with Crippen molar-refractivity contribution in [3.8, 4) is 0 Å². The molecule has 126 valence electrons. The Morgan fingerprint density at radius 1 is 1.17 bits per heavy atom. The largest absolute Gasteiger partial charge is 0.465 e. The first-order valence-corrected chi connectivity index (χ1v) is 9.18. The second-order valence-electron chi connectivity index (χ2n) is 7.20. The van der Waals surface area contributed by atoms with E-state index in [4.69, 9.17) is 4.74 Å². The number of benzene rings is 1. The van der Waals surface area contributed by atoms with Crippen LogP contribution in [0.15, 0.2) is 30.3 Å². The standard InChI is InChI=1S/C20H29NO2/c1-16(17-8-3-2-4-9-17)14-20(22)23-15-18-10-7-13-21-12-6-5-11-19(18)21/h2-4,8-9,16,18-19H,5-7,10-15H2,1H3/t16?,18-,19+/m0/s1. The molecule has 3 rings (SSSR count). The van der Waals surface area contributed by atoms with Gasteiger partial charge in [0.05, 0.1) is 13.0 Å². The van der Waals surface area contributed by atoms with Crippen LogP contribution < -0.4 is 0 Å². The van der Waals surface area contributed by atoms with Gasteiger partial charge in [-0.2, -0.15) is 0 Å². The van der Waals surface area contributed by atoms with Gasteiger partial charge in [0.2, 0.25) is 0 Å². The van der Waals surface area contributed by atoms with Crippen LogP contribution in [0.4, 0.5) is 0 Å². The number of rotatable bonds is 5. The Morgan fingerprint density at radius 2 is 1.96 bits per heavy atom. The van der Waals surface area contributed by atoms with Gasteiger partial charge >= 0.3 is 5.97 Å². The highest BCUT2D eigenvalue weighted by molar-refractivity contribution is 5.70. The van der Waals surface area contributed by atoms with E-state index in [1.54, 1.807) is 0 Å². The molecular formula is C20H29NO2. The van der Waals surface area contributed by atoms with E-state index >= 15 is 0 Å². The van der Waals surface area contributed by atoms with E-state index in [1.807, 2.05) is 18.2 Å². The van der Waals surface area contributed by atoms with Crippen LogP contribution in [0.25, 0.3) is 0 Å². The molecule has 0 N–H and O–H groups in total. The summed E-state index contributed by atoms with van der Waals surface area (Å²) in [6.07, 6.45) is 6.88. The van der Waals surface area contributed by atoms with Gasteiger partial charge in [0, 0.05) is 12.0 Å². The highest BCUT2D eigenvalue weighted by atomic mass is 16.5. The number of esters is 1. The summed E-state index contributed by atoms with van der Waals surface area (Å²) in [6, 6.07) is 10.9. The first-order valence-electron chi connectivity index (χ1n) is 9.18. The molecule has 23 heavy (non-hydrogen) atoms. The van der Waals surface area contributed by atoms with Crippen LogP contribution >= 0.6 is 0 Å². The average molecular weight is 315 g/mol. The van der Waals surface area contributed by atoms with Gasteiger partial charge in [0.1, 0.15) is 0 Å². The molecule has 3 heteroatoms. The molecule has 0 bridgehead atoms. The lowest BCUT2D eigenvalue weighted by atomic mass is 9.84. The highest BCUT2D eigenvalue weighted by Crippen LogP contribution is 2.31. The Hall–Kier alpha value is -1.35. The van der Waals surface area contributed by atoms with E-state index in [2.05, 4.69) is 24.0 Å². The Balaban J connectivity index is 1.46. The van der Waals surface area contributed by atoms with Crippen LogP contribution in [0.3, 0.4) is 0 Å². The van der Waals surface area contributed by atoms with E-state index in [0.717, 1.165) is 0 Å². The van der Waals surface area contributed by atoms with Gasteiger partial charge in [-0.05, 0) is 50.3 Å². The molecule has 1 aromatic carbocycles. The fourth-order valence-electron chi connectivity index (χ4n) is 4.18. The minimum absolute atomic E-state index is 0.0470. The molecule has 2 heterocycles. The van der Waals surface area contributed by atoms with Crippen LogP contribution in [0, 0.1) is 5.92 Å². The quantitative estimate of drug-likeness (QED) is 0.770. The van der Waals surface area contributed by atoms with Crippen molar-refractivity contribution in [2.24, 2.45) is 5.92 Å². The first kappa shape index (κ1) is 16.5. The summed E-state index contributed by atoms with van der Waals surface area (Å²) >= 11 is 0. The average Bonchev–Trinajstić information content (AvgIpc) is 2.60. The van der Waals surface area contributed by atoms with Gasteiger partial charge in [0.25, 0.3) is 0 Å². The molecule has 0 amide bonds. The van der Waals surface area contributed by atoms with Crippen molar-refractivity contribution in [3.63, 3.8) is 0 Å². The zero-order chi connectivity index (χ0) is 16.1. The molecule has 0 spiro atoms. The van der Waals surface area contributed by atoms with Gasteiger partial charge in [-0.25, -0.2) is 0 Å². The maximum atomic E-state index is 12.2. The van der Waals surface area contributed by atoms with Gasteiger partial charge in [0.15, 0.2) is 0 Å². The SMILES string of the molecule is CC(CC(=O)OC[C@@H]1CCCN2CCCC[C@H]12)c1ccccc1. The van der Waals surface area contributed by atoms with Gasteiger partial charge in [-0.1, -0.05) is 43.7 Å². The molecule has 0 saturated carbocycles. The predicted molar refractivity (Wildman–Crippen MR) is 92.4 cm³/mol. The summed E-state index contributed by atoms with van der Waals surface area (Å²) < 4.78 is 5.66. The third-order valence-electron chi connectivity index (χ3n) is 5.53. The Bertz CT molecular complexity index is 500. The van der Waals surface area contributed by atoms with Crippen molar-refractivity contribution in [1.29, 1.82) is 0 Å². The summed E-state index contributed by atoms with van der Waals surface area (Å²) in [7, 11) is 0. The summed E-state index contributed by atoms with van der Waals surface area (Å²) in [5, 5.41) is 0. The normalized spacial score (nSPS) is 26.3. The molecule has 2 aliphatic rings. The Kier molecular flexibility index (Phi) is 5.71. The second kappa shape index (κ2) is 7.96. The monoisotopic (exact) mass is 315 g/mol. The van der Waals surface area contributed by atoms with Crippen LogP contribution in [0.2, 0.25) is 0 Å². The number of carbonyl (C=O) groups excluding carboxylic acids is 1. The van der Waals surface area contributed by atoms with Crippen LogP contribution in [0.1, 0.15) is 56.9 Å². The molecule has 1 aromatic rings. The van der Waals surface area contributed by atoms with E-state index in [9.17, 15) is 4.79 Å². The molecule has 2 saturated heterocycles. The molecule has 1 unspecified atom stereocenters. The molecule has 3 nitrogen and oxygen atoms in total. The summed E-state index contributed by atoms with van der Waals surface area (Å²) in [6.45, 7) is 5.18. The van der Waals surface area contributed by atoms with Gasteiger partial charge < -0.3 is 4.74 Å². The summed E-state index contributed by atoms with van der Waals surface area (Å²) in [5.74, 6) is 0.718. The number of nitrogens with zero attached hydrogens (tertiary/aromatic N) is 1. The number of ether oxygens (including phenoxy) is 1. The lowest BCUT2D eigenvalue weighted by molar-refractivity contribution is -0.147. The van der Waals surface area contributed by atoms with Gasteiger partial charge in [-0.15, -0.1) is 0 Å². The fourth-order valence-corrected chi connectivity index (χ4v) is 4.18. The van der Waals surface area contributed by atoms with Crippen molar-refractivity contribution >= 4 is 5.97 Å². The van der Waals surface area contributed by atoms with Crippen molar-refractivity contribution < 1.29 is 9.53 Å². The molecular weight excluding hydrogens is 286 g/mol. The van der Waals surface area contributed by atoms with Crippen molar-refractivity contribution in [2.75, 3.05) is 19.7 Å². The third-order valence-corrected chi connectivity index (χ3v) is 5.53. The highest BCUT2D eigenvalue weighted by Gasteiger charge is 2.33. The first-order chi connectivity index (χ1) is 11.2. The zero-order valence-corrected chi connectivity index (χ0v) is 14.2. The lowest BCUT2D eigenvalue weighted by Crippen LogP contribution is -2.49. The molecule has 0 aromatic heterocycles. The van der Waals surface area contributed by atoms with Gasteiger partial charge in [-0.3, -0.25) is 9.69 Å². The molecule has 2 aliphatic heterocycles. The number of fused-ring (bicyclic) bond motifs is 1. The number of hydrogen-bond donors (Lipinski definition) is 0. The lowest BCUT2D eigenvalue weighted by Gasteiger charge is -2.44. The summed E-state index contributed by atoms with van der Waals surface area (Å²) in [5.41, 5.74) is 1.21. The van der Waals surface area contributed by atoms with Crippen LogP contribution in [0.5, 0.6) is 0 Å². The maximum Gasteiger partial charge on any atom is 0.306 e. The van der Waals surface area contributed by atoms with E-state index < -0.39 is 0 Å². The van der Waals surface area contributed by atoms with E-state index in [-0.39, 0.29) is 11.9 Å². The third kappa shape index (κ3) is 4.35. The fraction of sp³-hybridized carbons (Fsp3) is 0.650. The maximum absolute atomic E-state index is 12.2. The Labute approximate surface area is 140 Å². The second-order valence-corrected chi connectivity index (χ2v) is 7.20. The number of carbonyl (C=O) groups is 1. The molecule has 0 aliphatic carbocycles. The topological polar surface area (TPSA) is 29.5 Å². The smallest absolute Gasteiger partial charge is 0.306 e. The van der Waals surface area contributed by atoms with Crippen LogP contribution in [-0.2, 0) is 9.53 Å². The van der Waals surface area contributed by atoms with E-state index in [1.165, 1.54) is 50.8 Å². The summed E-state index contributed by atoms with van der Waals surface area (Å²) in [4.78, 5) is 14.8. The van der Waals surface area contributed by atoms with E-state index in [0.29, 0.717) is 25.0 Å². The number of piperidine rings is 2. The molecule has 0 radical (unpaired) electrons. The van der Waals surface area contributed by atoms with Crippen molar-refractivity contribution in [2.45, 2.75) is 57.4 Å². The number of hydrogen-bond acceptors (Lipinski definition) is 3. The van der Waals surface area contributed by atoms with Crippen molar-refractivity contribution in [3.05, 3.63) is 35.9 Å². The van der Waals surface area contributed by atoms with Crippen molar-refractivity contribution in [1.82, 2.24) is 4.90 Å². The molecule has 3 atom stereocenters. The molecule has 2 fully saturated rings. The van der Waals surface area contributed by atoms with Crippen LogP contribution in [-0.4, -0.2) is 36.6 Å². The zero-order valence-electron chi connectivity index (χ0n) is 14.2.